The Labute approximate surface area is 116 Å². The molecule has 0 saturated heterocycles. The van der Waals surface area contributed by atoms with Crippen molar-refractivity contribution >= 4 is 17.6 Å². The van der Waals surface area contributed by atoms with Gasteiger partial charge in [-0.3, -0.25) is 14.5 Å². The number of nitriles is 1. The van der Waals surface area contributed by atoms with E-state index in [-0.39, 0.29) is 19.0 Å². The lowest BCUT2D eigenvalue weighted by atomic mass is 10.2. The molecule has 0 spiro atoms. The van der Waals surface area contributed by atoms with Gasteiger partial charge in [-0.05, 0) is 12.1 Å². The predicted octanol–water partition coefficient (Wildman–Crippen LogP) is 1.07. The zero-order chi connectivity index (χ0) is 15.0. The molecule has 0 saturated carbocycles. The Balaban J connectivity index is 2.68. The number of nitrogens with one attached hydrogen (secondary N) is 1. The van der Waals surface area contributed by atoms with Crippen LogP contribution in [0.1, 0.15) is 5.56 Å². The Bertz CT molecular complexity index is 549. The third-order valence-corrected chi connectivity index (χ3v) is 2.43. The molecule has 104 valence electrons. The van der Waals surface area contributed by atoms with Crippen molar-refractivity contribution in [3.8, 4) is 6.07 Å². The maximum atomic E-state index is 11.9. The lowest BCUT2D eigenvalue weighted by Crippen LogP contribution is -2.37. The molecule has 0 aliphatic carbocycles. The van der Waals surface area contributed by atoms with E-state index in [9.17, 15) is 9.59 Å². The summed E-state index contributed by atoms with van der Waals surface area (Å²) in [6, 6.07) is 8.58. The summed E-state index contributed by atoms with van der Waals surface area (Å²) in [5, 5.41) is 20.3. The number of carboxylic acid groups (broad SMARTS) is 1. The first-order valence-electron chi connectivity index (χ1n) is 5.91. The van der Waals surface area contributed by atoms with E-state index in [0.717, 1.165) is 0 Å². The first kappa shape index (κ1) is 15.4. The van der Waals surface area contributed by atoms with Gasteiger partial charge in [0.05, 0.1) is 24.3 Å². The fourth-order valence-electron chi connectivity index (χ4n) is 1.64. The van der Waals surface area contributed by atoms with Gasteiger partial charge in [0.1, 0.15) is 6.07 Å². The summed E-state index contributed by atoms with van der Waals surface area (Å²) in [5.74, 6) is -1.40. The van der Waals surface area contributed by atoms with Crippen molar-refractivity contribution < 1.29 is 14.7 Å². The van der Waals surface area contributed by atoms with Gasteiger partial charge in [0, 0.05) is 6.54 Å². The van der Waals surface area contributed by atoms with Crippen LogP contribution in [-0.2, 0) is 9.59 Å². The van der Waals surface area contributed by atoms with E-state index in [1.165, 1.54) is 11.0 Å². The molecule has 0 heterocycles. The molecule has 2 N–H and O–H groups in total. The van der Waals surface area contributed by atoms with Crippen LogP contribution in [0, 0.1) is 11.3 Å². The van der Waals surface area contributed by atoms with Crippen LogP contribution in [0.15, 0.2) is 36.9 Å². The molecule has 20 heavy (non-hydrogen) atoms. The number of anilines is 1. The van der Waals surface area contributed by atoms with Crippen molar-refractivity contribution in [3.05, 3.63) is 42.5 Å². The first-order valence-corrected chi connectivity index (χ1v) is 5.91. The van der Waals surface area contributed by atoms with Crippen molar-refractivity contribution in [2.75, 3.05) is 25.0 Å². The minimum absolute atomic E-state index is 0.0852. The summed E-state index contributed by atoms with van der Waals surface area (Å²) in [7, 11) is 0. The molecule has 1 aromatic rings. The van der Waals surface area contributed by atoms with Gasteiger partial charge < -0.3 is 10.4 Å². The molecular weight excluding hydrogens is 258 g/mol. The molecule has 1 amide bonds. The van der Waals surface area contributed by atoms with E-state index >= 15 is 0 Å². The number of carbonyl (C=O) groups is 2. The summed E-state index contributed by atoms with van der Waals surface area (Å²) in [6.45, 7) is 3.47. The molecule has 0 bridgehead atoms. The molecule has 0 aliphatic heterocycles. The minimum atomic E-state index is -1.02. The zero-order valence-electron chi connectivity index (χ0n) is 10.9. The molecular formula is C14H15N3O3. The lowest BCUT2D eigenvalue weighted by molar-refractivity contribution is -0.138. The highest BCUT2D eigenvalue weighted by Crippen LogP contribution is 2.13. The van der Waals surface area contributed by atoms with E-state index in [4.69, 9.17) is 10.4 Å². The third kappa shape index (κ3) is 4.92. The quantitative estimate of drug-likeness (QED) is 0.725. The summed E-state index contributed by atoms with van der Waals surface area (Å²) in [6.07, 6.45) is 1.53. The first-order chi connectivity index (χ1) is 9.56. The largest absolute Gasteiger partial charge is 0.480 e. The Morgan fingerprint density at radius 1 is 1.40 bits per heavy atom. The van der Waals surface area contributed by atoms with Crippen LogP contribution in [0.5, 0.6) is 0 Å². The smallest absolute Gasteiger partial charge is 0.317 e. The number of hydrogen-bond donors (Lipinski definition) is 2. The second kappa shape index (κ2) is 7.71. The van der Waals surface area contributed by atoms with Crippen LogP contribution in [0.3, 0.4) is 0 Å². The van der Waals surface area contributed by atoms with E-state index in [1.807, 2.05) is 6.07 Å². The highest BCUT2D eigenvalue weighted by atomic mass is 16.4. The van der Waals surface area contributed by atoms with Gasteiger partial charge in [-0.25, -0.2) is 0 Å². The van der Waals surface area contributed by atoms with Crippen LogP contribution < -0.4 is 5.32 Å². The topological polar surface area (TPSA) is 93.4 Å². The van der Waals surface area contributed by atoms with E-state index in [1.54, 1.807) is 24.3 Å². The summed E-state index contributed by atoms with van der Waals surface area (Å²) >= 11 is 0. The predicted molar refractivity (Wildman–Crippen MR) is 74.1 cm³/mol. The molecule has 0 radical (unpaired) electrons. The highest BCUT2D eigenvalue weighted by molar-refractivity contribution is 5.93. The summed E-state index contributed by atoms with van der Waals surface area (Å²) in [4.78, 5) is 24.0. The Kier molecular flexibility index (Phi) is 5.94. The van der Waals surface area contributed by atoms with Crippen LogP contribution >= 0.6 is 0 Å². The molecule has 0 atom stereocenters. The Morgan fingerprint density at radius 3 is 2.70 bits per heavy atom. The summed E-state index contributed by atoms with van der Waals surface area (Å²) in [5.41, 5.74) is 0.767. The van der Waals surface area contributed by atoms with Gasteiger partial charge in [0.25, 0.3) is 0 Å². The van der Waals surface area contributed by atoms with Gasteiger partial charge in [-0.2, -0.15) is 5.26 Å². The Morgan fingerprint density at radius 2 is 2.10 bits per heavy atom. The van der Waals surface area contributed by atoms with Gasteiger partial charge in [0.15, 0.2) is 0 Å². The molecule has 6 nitrogen and oxygen atoms in total. The van der Waals surface area contributed by atoms with Crippen LogP contribution in [0.2, 0.25) is 0 Å². The monoisotopic (exact) mass is 273 g/mol. The maximum absolute atomic E-state index is 11.9. The standard InChI is InChI=1S/C14H15N3O3/c1-2-7-17(10-14(19)20)9-13(18)16-12-6-4-3-5-11(12)8-15/h2-6H,1,7,9-10H2,(H,16,18)(H,19,20). The van der Waals surface area contributed by atoms with Crippen LogP contribution in [0.4, 0.5) is 5.69 Å². The molecule has 0 aromatic heterocycles. The van der Waals surface area contributed by atoms with Crippen molar-refractivity contribution in [1.82, 2.24) is 4.90 Å². The number of carbonyl (C=O) groups excluding carboxylic acids is 1. The van der Waals surface area contributed by atoms with Crippen molar-refractivity contribution in [2.24, 2.45) is 0 Å². The second-order valence-electron chi connectivity index (χ2n) is 4.06. The third-order valence-electron chi connectivity index (χ3n) is 2.43. The van der Waals surface area contributed by atoms with Gasteiger partial charge in [-0.15, -0.1) is 6.58 Å². The fraction of sp³-hybridized carbons (Fsp3) is 0.214. The Hall–Kier alpha value is -2.65. The average Bonchev–Trinajstić information content (AvgIpc) is 2.38. The van der Waals surface area contributed by atoms with Crippen molar-refractivity contribution in [3.63, 3.8) is 0 Å². The molecule has 0 unspecified atom stereocenters. The lowest BCUT2D eigenvalue weighted by Gasteiger charge is -2.17. The number of carboxylic acids is 1. The van der Waals surface area contributed by atoms with Crippen molar-refractivity contribution in [2.45, 2.75) is 0 Å². The van der Waals surface area contributed by atoms with Crippen molar-refractivity contribution in [1.29, 1.82) is 5.26 Å². The fourth-order valence-corrected chi connectivity index (χ4v) is 1.64. The van der Waals surface area contributed by atoms with Gasteiger partial charge >= 0.3 is 5.97 Å². The number of hydrogen-bond acceptors (Lipinski definition) is 4. The number of aliphatic carboxylic acids is 1. The minimum Gasteiger partial charge on any atom is -0.480 e. The number of amides is 1. The second-order valence-corrected chi connectivity index (χ2v) is 4.06. The normalized spacial score (nSPS) is 9.80. The van der Waals surface area contributed by atoms with Gasteiger partial charge in [0.2, 0.25) is 5.91 Å². The highest BCUT2D eigenvalue weighted by Gasteiger charge is 2.13. The van der Waals surface area contributed by atoms with E-state index in [2.05, 4.69) is 11.9 Å². The van der Waals surface area contributed by atoms with Gasteiger partial charge in [-0.1, -0.05) is 18.2 Å². The zero-order valence-corrected chi connectivity index (χ0v) is 10.9. The van der Waals surface area contributed by atoms with Crippen LogP contribution in [-0.4, -0.2) is 41.5 Å². The van der Waals surface area contributed by atoms with E-state index < -0.39 is 5.97 Å². The molecule has 0 aliphatic rings. The maximum Gasteiger partial charge on any atom is 0.317 e. The average molecular weight is 273 g/mol. The molecule has 1 aromatic carbocycles. The number of nitrogens with zero attached hydrogens (tertiary/aromatic N) is 2. The van der Waals surface area contributed by atoms with Crippen LogP contribution in [0.25, 0.3) is 0 Å². The number of para-hydroxylation sites is 1. The number of rotatable bonds is 7. The molecule has 6 heteroatoms. The molecule has 0 fully saturated rings. The molecule has 1 rings (SSSR count). The number of benzene rings is 1. The SMILES string of the molecule is C=CCN(CC(=O)O)CC(=O)Nc1ccccc1C#N. The summed E-state index contributed by atoms with van der Waals surface area (Å²) < 4.78 is 0. The van der Waals surface area contributed by atoms with E-state index in [0.29, 0.717) is 17.8 Å².